The molecule has 2 aromatic heterocycles. The highest BCUT2D eigenvalue weighted by Gasteiger charge is 2.22. The number of aromatic nitrogens is 2. The molecule has 0 spiro atoms. The maximum absolute atomic E-state index is 13.2. The zero-order valence-electron chi connectivity index (χ0n) is 25.0. The van der Waals surface area contributed by atoms with Gasteiger partial charge in [-0.2, -0.15) is 0 Å². The van der Waals surface area contributed by atoms with E-state index in [4.69, 9.17) is 19.7 Å². The summed E-state index contributed by atoms with van der Waals surface area (Å²) in [5.41, 5.74) is 11.9. The summed E-state index contributed by atoms with van der Waals surface area (Å²) in [5, 5.41) is 13.8. The number of carbonyl (C=O) groups excluding carboxylic acids is 3. The van der Waals surface area contributed by atoms with Crippen molar-refractivity contribution in [2.24, 2.45) is 11.0 Å². The Morgan fingerprint density at radius 1 is 0.696 bits per heavy atom. The lowest BCUT2D eigenvalue weighted by Gasteiger charge is -2.19. The molecule has 0 aliphatic heterocycles. The second-order valence-corrected chi connectivity index (χ2v) is 11.7. The van der Waals surface area contributed by atoms with E-state index in [1.165, 1.54) is 0 Å². The molecule has 0 saturated carbocycles. The fraction of sp³-hybridized carbons (Fsp3) is 0.536. The molecule has 0 radical (unpaired) electrons. The van der Waals surface area contributed by atoms with Gasteiger partial charge in [-0.05, 0) is 29.8 Å². The first-order chi connectivity index (χ1) is 22.3. The largest absolute Gasteiger partial charge is 0.379 e. The molecule has 46 heavy (non-hydrogen) atoms. The Hall–Kier alpha value is -2.18. The minimum absolute atomic E-state index is 0.0180. The van der Waals surface area contributed by atoms with Gasteiger partial charge in [0.05, 0.1) is 68.3 Å². The van der Waals surface area contributed by atoms with Crippen LogP contribution in [0.1, 0.15) is 43.5 Å². The number of halogens is 4. The summed E-state index contributed by atoms with van der Waals surface area (Å²) >= 11 is 13.5. The van der Waals surface area contributed by atoms with Crippen LogP contribution in [0.25, 0.3) is 10.4 Å². The van der Waals surface area contributed by atoms with Crippen LogP contribution in [0.5, 0.6) is 0 Å². The second-order valence-electron chi connectivity index (χ2n) is 9.41. The first-order valence-electron chi connectivity index (χ1n) is 14.2. The number of ether oxygens (including phenoxy) is 3. The molecule has 0 aliphatic carbocycles. The number of azide groups is 1. The van der Waals surface area contributed by atoms with Crippen molar-refractivity contribution < 1.29 is 28.6 Å². The van der Waals surface area contributed by atoms with Crippen molar-refractivity contribution in [1.82, 2.24) is 25.9 Å². The summed E-state index contributed by atoms with van der Waals surface area (Å²) in [7, 11) is 0. The van der Waals surface area contributed by atoms with Crippen molar-refractivity contribution in [3.8, 4) is 0 Å². The number of carbonyl (C=O) groups is 3. The highest BCUT2D eigenvalue weighted by atomic mass is 79.9. The van der Waals surface area contributed by atoms with Gasteiger partial charge in [-0.1, -0.05) is 68.8 Å². The van der Waals surface area contributed by atoms with Crippen LogP contribution in [0.4, 0.5) is 0 Å². The van der Waals surface area contributed by atoms with Crippen LogP contribution >= 0.6 is 63.7 Å². The number of hydrogen-bond acceptors (Lipinski definition) is 9. The number of nitrogens with zero attached hydrogens (tertiary/aromatic N) is 5. The van der Waals surface area contributed by atoms with Crippen molar-refractivity contribution in [2.75, 3.05) is 65.8 Å². The van der Waals surface area contributed by atoms with Gasteiger partial charge in [0, 0.05) is 63.5 Å². The van der Waals surface area contributed by atoms with E-state index in [1.54, 1.807) is 24.3 Å². The molecule has 3 amide bonds. The predicted molar refractivity (Wildman–Crippen MR) is 187 cm³/mol. The molecule has 0 fully saturated rings. The van der Waals surface area contributed by atoms with Gasteiger partial charge in [0.2, 0.25) is 5.91 Å². The summed E-state index contributed by atoms with van der Waals surface area (Å²) in [6.45, 7) is 2.45. The van der Waals surface area contributed by atoms with Crippen LogP contribution in [-0.2, 0) is 40.3 Å². The van der Waals surface area contributed by atoms with E-state index in [0.717, 1.165) is 0 Å². The van der Waals surface area contributed by atoms with Crippen LogP contribution in [0, 0.1) is 5.92 Å². The highest BCUT2D eigenvalue weighted by Crippen LogP contribution is 2.13. The van der Waals surface area contributed by atoms with Crippen molar-refractivity contribution in [1.29, 1.82) is 0 Å². The molecule has 18 heteroatoms. The van der Waals surface area contributed by atoms with Crippen LogP contribution in [0.3, 0.4) is 0 Å². The maximum atomic E-state index is 13.2. The maximum Gasteiger partial charge on any atom is 0.251 e. The van der Waals surface area contributed by atoms with Gasteiger partial charge in [-0.3, -0.25) is 24.4 Å². The van der Waals surface area contributed by atoms with E-state index in [2.05, 4.69) is 99.7 Å². The third kappa shape index (κ3) is 15.6. The molecule has 0 atom stereocenters. The van der Waals surface area contributed by atoms with Gasteiger partial charge >= 0.3 is 0 Å². The smallest absolute Gasteiger partial charge is 0.251 e. The predicted octanol–water partition coefficient (Wildman–Crippen LogP) is 4.31. The molecule has 2 aromatic rings. The molecule has 0 aromatic carbocycles. The summed E-state index contributed by atoms with van der Waals surface area (Å²) in [5.74, 6) is -1.85. The SMILES string of the molecule is [N-]=[N+]=NCCOCCOCCOCCNC(=O)C(CNC(=O)c1cc(CBr)nc(CBr)c1)CNC(=O)c1cc(CBr)nc(CBr)c1. The van der Waals surface area contributed by atoms with Crippen LogP contribution in [-0.4, -0.2) is 93.5 Å². The highest BCUT2D eigenvalue weighted by molar-refractivity contribution is 9.09. The third-order valence-electron chi connectivity index (χ3n) is 6.01. The molecule has 0 aliphatic rings. The molecular formula is C28H36Br4N8O6. The Balaban J connectivity index is 1.92. The van der Waals surface area contributed by atoms with Crippen molar-refractivity contribution in [3.63, 3.8) is 0 Å². The molecule has 2 heterocycles. The topological polar surface area (TPSA) is 190 Å². The number of pyridine rings is 2. The normalized spacial score (nSPS) is 10.8. The van der Waals surface area contributed by atoms with Gasteiger partial charge in [0.15, 0.2) is 0 Å². The Kier molecular flexibility index (Phi) is 20.9. The molecule has 0 unspecified atom stereocenters. The van der Waals surface area contributed by atoms with Gasteiger partial charge in [0.25, 0.3) is 11.8 Å². The quantitative estimate of drug-likeness (QED) is 0.0484. The van der Waals surface area contributed by atoms with E-state index in [0.29, 0.717) is 88.3 Å². The molecule has 3 N–H and O–H groups in total. The number of hydrogen-bond donors (Lipinski definition) is 3. The van der Waals surface area contributed by atoms with Crippen LogP contribution in [0.2, 0.25) is 0 Å². The van der Waals surface area contributed by atoms with Crippen molar-refractivity contribution in [2.45, 2.75) is 21.3 Å². The Morgan fingerprint density at radius 2 is 1.11 bits per heavy atom. The van der Waals surface area contributed by atoms with Crippen molar-refractivity contribution in [3.05, 3.63) is 68.6 Å². The Morgan fingerprint density at radius 3 is 1.52 bits per heavy atom. The minimum Gasteiger partial charge on any atom is -0.379 e. The van der Waals surface area contributed by atoms with Gasteiger partial charge in [-0.25, -0.2) is 0 Å². The average Bonchev–Trinajstić information content (AvgIpc) is 3.09. The van der Waals surface area contributed by atoms with Gasteiger partial charge in [-0.15, -0.1) is 0 Å². The summed E-state index contributed by atoms with van der Waals surface area (Å²) in [6.07, 6.45) is 0. The minimum atomic E-state index is -0.767. The third-order valence-corrected chi connectivity index (χ3v) is 8.31. The van der Waals surface area contributed by atoms with E-state index in [1.807, 2.05) is 0 Å². The van der Waals surface area contributed by atoms with Crippen LogP contribution < -0.4 is 16.0 Å². The van der Waals surface area contributed by atoms with E-state index < -0.39 is 5.92 Å². The lowest BCUT2D eigenvalue weighted by Crippen LogP contribution is -2.45. The molecular weight excluding hydrogens is 864 g/mol. The fourth-order valence-corrected chi connectivity index (χ4v) is 4.96. The van der Waals surface area contributed by atoms with E-state index >= 15 is 0 Å². The Bertz CT molecular complexity index is 1200. The van der Waals surface area contributed by atoms with Crippen LogP contribution in [0.15, 0.2) is 29.4 Å². The fourth-order valence-electron chi connectivity index (χ4n) is 3.81. The summed E-state index contributed by atoms with van der Waals surface area (Å²) in [6, 6.07) is 6.72. The average molecular weight is 900 g/mol. The molecule has 252 valence electrons. The summed E-state index contributed by atoms with van der Waals surface area (Å²) in [4.78, 5) is 50.7. The lowest BCUT2D eigenvalue weighted by atomic mass is 10.1. The zero-order valence-corrected chi connectivity index (χ0v) is 31.3. The molecule has 2 rings (SSSR count). The number of alkyl halides is 4. The van der Waals surface area contributed by atoms with Gasteiger partial charge in [0.1, 0.15) is 0 Å². The standard InChI is InChI=1S/C28H36Br4N8O6/c29-13-22-9-19(10-23(14-30)38-22)26(41)35-17-21(18-36-27(42)20-11-24(15-31)39-25(12-20)16-32)28(43)34-1-3-44-5-7-46-8-6-45-4-2-37-40-33/h9-12,21H,1-8,13-18H2,(H,34,43)(H,35,41)(H,36,42). The first-order valence-corrected chi connectivity index (χ1v) is 18.6. The number of rotatable bonds is 23. The van der Waals surface area contributed by atoms with Crippen molar-refractivity contribution >= 4 is 81.4 Å². The van der Waals surface area contributed by atoms with E-state index in [9.17, 15) is 14.4 Å². The first kappa shape index (κ1) is 40.0. The molecule has 0 bridgehead atoms. The Labute approximate surface area is 301 Å². The second kappa shape index (κ2) is 24.0. The van der Waals surface area contributed by atoms with E-state index in [-0.39, 0.29) is 50.5 Å². The molecule has 14 nitrogen and oxygen atoms in total. The number of amides is 3. The number of nitrogens with one attached hydrogen (secondary N) is 3. The summed E-state index contributed by atoms with van der Waals surface area (Å²) < 4.78 is 16.2. The molecule has 0 saturated heterocycles. The zero-order chi connectivity index (χ0) is 33.6. The van der Waals surface area contributed by atoms with Gasteiger partial charge < -0.3 is 30.2 Å². The lowest BCUT2D eigenvalue weighted by molar-refractivity contribution is -0.124. The monoisotopic (exact) mass is 896 g/mol.